The molecule has 2 N–H and O–H groups in total. The van der Waals surface area contributed by atoms with Crippen LogP contribution in [0.2, 0.25) is 0 Å². The van der Waals surface area contributed by atoms with Crippen molar-refractivity contribution in [1.82, 2.24) is 10.6 Å². The third-order valence-electron chi connectivity index (χ3n) is 2.43. The maximum absolute atomic E-state index is 5.07. The number of benzene rings is 1. The molecule has 1 rings (SSSR count). The molecule has 0 unspecified atom stereocenters. The van der Waals surface area contributed by atoms with Gasteiger partial charge in [-0.15, -0.1) is 30.6 Å². The summed E-state index contributed by atoms with van der Waals surface area (Å²) in [5.74, 6) is 0.774. The zero-order chi connectivity index (χ0) is 13.2. The molecule has 0 aromatic heterocycles. The molecule has 1 aromatic rings. The summed E-state index contributed by atoms with van der Waals surface area (Å²) in [6, 6.07) is 8.31. The molecule has 0 saturated heterocycles. The first-order valence-corrected chi connectivity index (χ1v) is 5.92. The van der Waals surface area contributed by atoms with Crippen LogP contribution in [0.4, 0.5) is 0 Å². The summed E-state index contributed by atoms with van der Waals surface area (Å²) in [6.07, 6.45) is 1.80. The fourth-order valence-corrected chi connectivity index (χ4v) is 1.50. The summed E-state index contributed by atoms with van der Waals surface area (Å²) in [6.45, 7) is 5.75. The van der Waals surface area contributed by atoms with Crippen LogP contribution in [0, 0.1) is 0 Å². The fourth-order valence-electron chi connectivity index (χ4n) is 1.50. The molecule has 0 heterocycles. The number of hydrogen-bond acceptors (Lipinski definition) is 2. The van der Waals surface area contributed by atoms with Crippen LogP contribution in [0.25, 0.3) is 0 Å². The van der Waals surface area contributed by atoms with E-state index in [2.05, 4.69) is 46.5 Å². The van der Waals surface area contributed by atoms with Crippen molar-refractivity contribution in [3.8, 4) is 0 Å². The number of methoxy groups -OCH3 is 1. The molecule has 19 heavy (non-hydrogen) atoms. The van der Waals surface area contributed by atoms with Gasteiger partial charge < -0.3 is 15.4 Å². The van der Waals surface area contributed by atoms with Crippen molar-refractivity contribution in [2.45, 2.75) is 13.2 Å². The van der Waals surface area contributed by atoms with Crippen molar-refractivity contribution in [1.29, 1.82) is 0 Å². The second kappa shape index (κ2) is 10.8. The van der Waals surface area contributed by atoms with Gasteiger partial charge in [-0.3, -0.25) is 4.99 Å². The molecule has 0 radical (unpaired) electrons. The Bertz CT molecular complexity index is 390. The van der Waals surface area contributed by atoms with Gasteiger partial charge in [-0.05, 0) is 11.1 Å². The zero-order valence-corrected chi connectivity index (χ0v) is 13.8. The minimum absolute atomic E-state index is 0. The summed E-state index contributed by atoms with van der Waals surface area (Å²) in [5, 5.41) is 6.35. The highest BCUT2D eigenvalue weighted by molar-refractivity contribution is 14.0. The van der Waals surface area contributed by atoms with Gasteiger partial charge in [0.25, 0.3) is 0 Å². The lowest BCUT2D eigenvalue weighted by Crippen LogP contribution is -2.36. The second-order valence-corrected chi connectivity index (χ2v) is 3.84. The quantitative estimate of drug-likeness (QED) is 0.347. The van der Waals surface area contributed by atoms with E-state index in [0.29, 0.717) is 13.2 Å². The van der Waals surface area contributed by atoms with Crippen molar-refractivity contribution < 1.29 is 4.74 Å². The van der Waals surface area contributed by atoms with E-state index in [1.54, 1.807) is 20.2 Å². The van der Waals surface area contributed by atoms with Crippen molar-refractivity contribution in [2.75, 3.05) is 20.7 Å². The van der Waals surface area contributed by atoms with Gasteiger partial charge in [-0.25, -0.2) is 0 Å². The van der Waals surface area contributed by atoms with Gasteiger partial charge in [0, 0.05) is 27.2 Å². The molecule has 0 atom stereocenters. The number of nitrogens with zero attached hydrogens (tertiary/aromatic N) is 1. The van der Waals surface area contributed by atoms with Gasteiger partial charge in [0.1, 0.15) is 0 Å². The molecule has 0 aliphatic rings. The average Bonchev–Trinajstić information content (AvgIpc) is 2.41. The van der Waals surface area contributed by atoms with Crippen molar-refractivity contribution >= 4 is 29.9 Å². The summed E-state index contributed by atoms with van der Waals surface area (Å²) < 4.78 is 5.07. The monoisotopic (exact) mass is 375 g/mol. The van der Waals surface area contributed by atoms with Crippen LogP contribution >= 0.6 is 24.0 Å². The van der Waals surface area contributed by atoms with Crippen molar-refractivity contribution in [3.05, 3.63) is 48.0 Å². The molecule has 0 spiro atoms. The molecule has 0 aliphatic heterocycles. The van der Waals surface area contributed by atoms with Gasteiger partial charge in [0.2, 0.25) is 0 Å². The number of ether oxygens (including phenoxy) is 1. The third-order valence-corrected chi connectivity index (χ3v) is 2.43. The number of nitrogens with one attached hydrogen (secondary N) is 2. The Hall–Kier alpha value is -1.08. The minimum Gasteiger partial charge on any atom is -0.380 e. The van der Waals surface area contributed by atoms with E-state index >= 15 is 0 Å². The van der Waals surface area contributed by atoms with Gasteiger partial charge in [0.15, 0.2) is 5.96 Å². The molecule has 0 amide bonds. The highest BCUT2D eigenvalue weighted by Crippen LogP contribution is 2.05. The lowest BCUT2D eigenvalue weighted by atomic mass is 10.1. The van der Waals surface area contributed by atoms with E-state index in [-0.39, 0.29) is 24.0 Å². The van der Waals surface area contributed by atoms with E-state index in [1.807, 2.05) is 0 Å². The topological polar surface area (TPSA) is 45.7 Å². The van der Waals surface area contributed by atoms with Gasteiger partial charge in [0.05, 0.1) is 6.61 Å². The number of aliphatic imine (C=N–C) groups is 1. The maximum Gasteiger partial charge on any atom is 0.191 e. The predicted octanol–water partition coefficient (Wildman–Crippen LogP) is 2.30. The molecule has 0 fully saturated rings. The van der Waals surface area contributed by atoms with E-state index in [1.165, 1.54) is 11.1 Å². The lowest BCUT2D eigenvalue weighted by molar-refractivity contribution is 0.185. The van der Waals surface area contributed by atoms with E-state index in [0.717, 1.165) is 12.5 Å². The van der Waals surface area contributed by atoms with E-state index in [9.17, 15) is 0 Å². The van der Waals surface area contributed by atoms with Gasteiger partial charge >= 0.3 is 0 Å². The van der Waals surface area contributed by atoms with Crippen molar-refractivity contribution in [3.63, 3.8) is 0 Å². The first-order valence-electron chi connectivity index (χ1n) is 5.92. The predicted molar refractivity (Wildman–Crippen MR) is 91.0 cm³/mol. The highest BCUT2D eigenvalue weighted by atomic mass is 127. The summed E-state index contributed by atoms with van der Waals surface area (Å²) in [7, 11) is 3.45. The Kier molecular flexibility index (Phi) is 10.2. The van der Waals surface area contributed by atoms with Crippen LogP contribution in [-0.4, -0.2) is 26.7 Å². The van der Waals surface area contributed by atoms with E-state index < -0.39 is 0 Å². The molecular formula is C14H22IN3O. The minimum atomic E-state index is 0. The number of guanidine groups is 1. The smallest absolute Gasteiger partial charge is 0.191 e. The van der Waals surface area contributed by atoms with Crippen LogP contribution in [0.5, 0.6) is 0 Å². The number of rotatable bonds is 6. The molecule has 106 valence electrons. The standard InChI is InChI=1S/C14H21N3O.HI/c1-4-9-16-14(15-2)17-10-12-5-7-13(8-6-12)11-18-3;/h4-8H,1,9-11H2,2-3H3,(H2,15,16,17);1H. The van der Waals surface area contributed by atoms with Gasteiger partial charge in [-0.1, -0.05) is 30.3 Å². The summed E-state index contributed by atoms with van der Waals surface area (Å²) in [5.41, 5.74) is 2.38. The summed E-state index contributed by atoms with van der Waals surface area (Å²) >= 11 is 0. The average molecular weight is 375 g/mol. The van der Waals surface area contributed by atoms with E-state index in [4.69, 9.17) is 4.74 Å². The molecule has 4 nitrogen and oxygen atoms in total. The third kappa shape index (κ3) is 7.17. The van der Waals surface area contributed by atoms with Crippen LogP contribution in [0.15, 0.2) is 41.9 Å². The summed E-state index contributed by atoms with van der Waals surface area (Å²) in [4.78, 5) is 4.11. The highest BCUT2D eigenvalue weighted by Gasteiger charge is 1.97. The number of hydrogen-bond donors (Lipinski definition) is 2. The zero-order valence-electron chi connectivity index (χ0n) is 11.5. The molecule has 0 saturated carbocycles. The Morgan fingerprint density at radius 2 is 1.89 bits per heavy atom. The maximum atomic E-state index is 5.07. The Morgan fingerprint density at radius 3 is 2.42 bits per heavy atom. The van der Waals surface area contributed by atoms with Crippen LogP contribution in [0.1, 0.15) is 11.1 Å². The molecule has 5 heteroatoms. The Morgan fingerprint density at radius 1 is 1.26 bits per heavy atom. The number of halogens is 1. The Balaban J connectivity index is 0.00000324. The molecule has 1 aromatic carbocycles. The lowest BCUT2D eigenvalue weighted by Gasteiger charge is -2.10. The van der Waals surface area contributed by atoms with Gasteiger partial charge in [-0.2, -0.15) is 0 Å². The van der Waals surface area contributed by atoms with Crippen molar-refractivity contribution in [2.24, 2.45) is 4.99 Å². The first kappa shape index (κ1) is 17.9. The SMILES string of the molecule is C=CCNC(=NC)NCc1ccc(COC)cc1.I. The molecule has 0 bridgehead atoms. The fraction of sp³-hybridized carbons (Fsp3) is 0.357. The Labute approximate surface area is 132 Å². The normalized spacial score (nSPS) is 10.5. The van der Waals surface area contributed by atoms with Crippen LogP contribution < -0.4 is 10.6 Å². The van der Waals surface area contributed by atoms with Crippen LogP contribution in [-0.2, 0) is 17.9 Å². The molecular weight excluding hydrogens is 353 g/mol. The first-order chi connectivity index (χ1) is 8.80. The second-order valence-electron chi connectivity index (χ2n) is 3.84. The largest absolute Gasteiger partial charge is 0.380 e. The van der Waals surface area contributed by atoms with Crippen LogP contribution in [0.3, 0.4) is 0 Å². The molecule has 0 aliphatic carbocycles.